The van der Waals surface area contributed by atoms with Crippen molar-refractivity contribution in [1.82, 2.24) is 13.8 Å². The Balaban J connectivity index is 1.40. The van der Waals surface area contributed by atoms with Gasteiger partial charge in [0.2, 0.25) is 15.9 Å². The minimum atomic E-state index is -3.73. The summed E-state index contributed by atoms with van der Waals surface area (Å²) in [5.74, 6) is -0.427. The molecule has 2 amide bonds. The van der Waals surface area contributed by atoms with E-state index in [0.29, 0.717) is 31.6 Å². The highest BCUT2D eigenvalue weighted by molar-refractivity contribution is 7.89. The summed E-state index contributed by atoms with van der Waals surface area (Å²) in [5, 5.41) is 2.97. The van der Waals surface area contributed by atoms with Gasteiger partial charge in [-0.1, -0.05) is 18.2 Å². The Bertz CT molecular complexity index is 1130. The number of carbonyl (C=O) groups is 2. The molecule has 0 atom stereocenters. The van der Waals surface area contributed by atoms with Crippen LogP contribution in [0.5, 0.6) is 0 Å². The van der Waals surface area contributed by atoms with Crippen LogP contribution in [-0.2, 0) is 21.9 Å². The monoisotopic (exact) mass is 472 g/mol. The Morgan fingerprint density at radius 3 is 2.33 bits per heavy atom. The maximum absolute atomic E-state index is 13.3. The number of hydrogen-bond donors (Lipinski definition) is 1. The fraction of sp³-hybridized carbons (Fsp3) is 0.500. The molecule has 4 rings (SSSR count). The SMILES string of the molecule is Cc1ccccc1NC(=O)C1CCN(S(=O)(=O)c2cc(C(=O)N3CCCCC3)n(C)c2)CC1. The van der Waals surface area contributed by atoms with Crippen molar-refractivity contribution in [2.24, 2.45) is 13.0 Å². The summed E-state index contributed by atoms with van der Waals surface area (Å²) < 4.78 is 29.5. The van der Waals surface area contributed by atoms with Gasteiger partial charge in [-0.2, -0.15) is 4.31 Å². The lowest BCUT2D eigenvalue weighted by molar-refractivity contribution is -0.120. The van der Waals surface area contributed by atoms with E-state index in [1.807, 2.05) is 31.2 Å². The van der Waals surface area contributed by atoms with Crippen LogP contribution in [0.15, 0.2) is 41.4 Å². The predicted molar refractivity (Wildman–Crippen MR) is 126 cm³/mol. The number of anilines is 1. The van der Waals surface area contributed by atoms with Crippen molar-refractivity contribution in [2.75, 3.05) is 31.5 Å². The predicted octanol–water partition coefficient (Wildman–Crippen LogP) is 3.00. The van der Waals surface area contributed by atoms with E-state index >= 15 is 0 Å². The number of nitrogens with zero attached hydrogens (tertiary/aromatic N) is 3. The number of carbonyl (C=O) groups excluding carboxylic acids is 2. The number of piperidine rings is 2. The van der Waals surface area contributed by atoms with E-state index in [4.69, 9.17) is 0 Å². The van der Waals surface area contributed by atoms with Gasteiger partial charge in [-0.25, -0.2) is 8.42 Å². The molecule has 0 spiro atoms. The molecular weight excluding hydrogens is 440 g/mol. The van der Waals surface area contributed by atoms with Gasteiger partial charge in [0.25, 0.3) is 5.91 Å². The Morgan fingerprint density at radius 1 is 1.00 bits per heavy atom. The van der Waals surface area contributed by atoms with E-state index in [1.165, 1.54) is 16.6 Å². The number of aryl methyl sites for hydroxylation is 2. The molecule has 1 aromatic carbocycles. The molecule has 0 unspecified atom stereocenters. The first-order valence-electron chi connectivity index (χ1n) is 11.6. The number of amides is 2. The summed E-state index contributed by atoms with van der Waals surface area (Å²) in [5.41, 5.74) is 2.17. The van der Waals surface area contributed by atoms with Crippen LogP contribution >= 0.6 is 0 Å². The maximum Gasteiger partial charge on any atom is 0.270 e. The summed E-state index contributed by atoms with van der Waals surface area (Å²) in [6.45, 7) is 3.92. The second kappa shape index (κ2) is 9.69. The Morgan fingerprint density at radius 2 is 1.67 bits per heavy atom. The van der Waals surface area contributed by atoms with E-state index in [1.54, 1.807) is 16.5 Å². The highest BCUT2D eigenvalue weighted by Gasteiger charge is 2.34. The van der Waals surface area contributed by atoms with Crippen LogP contribution < -0.4 is 5.32 Å². The van der Waals surface area contributed by atoms with Gasteiger partial charge in [0.15, 0.2) is 0 Å². The van der Waals surface area contributed by atoms with Crippen molar-refractivity contribution in [1.29, 1.82) is 0 Å². The Labute approximate surface area is 195 Å². The highest BCUT2D eigenvalue weighted by atomic mass is 32.2. The van der Waals surface area contributed by atoms with Crippen LogP contribution in [0.3, 0.4) is 0 Å². The first-order valence-corrected chi connectivity index (χ1v) is 13.0. The second-order valence-corrected chi connectivity index (χ2v) is 10.9. The number of likely N-dealkylation sites (tertiary alicyclic amines) is 1. The summed E-state index contributed by atoms with van der Waals surface area (Å²) in [6, 6.07) is 9.09. The zero-order chi connectivity index (χ0) is 23.6. The third-order valence-corrected chi connectivity index (χ3v) is 8.57. The first-order chi connectivity index (χ1) is 15.8. The molecular formula is C24H32N4O4S. The third-order valence-electron chi connectivity index (χ3n) is 6.71. The average molecular weight is 473 g/mol. The molecule has 33 heavy (non-hydrogen) atoms. The van der Waals surface area contributed by atoms with Crippen molar-refractivity contribution < 1.29 is 18.0 Å². The van der Waals surface area contributed by atoms with Crippen LogP contribution in [0.2, 0.25) is 0 Å². The summed E-state index contributed by atoms with van der Waals surface area (Å²) in [4.78, 5) is 27.5. The van der Waals surface area contributed by atoms with Gasteiger partial charge >= 0.3 is 0 Å². The smallest absolute Gasteiger partial charge is 0.270 e. The standard InChI is InChI=1S/C24H32N4O4S/c1-18-8-4-5-9-21(18)25-23(29)19-10-14-28(15-11-19)33(31,32)20-16-22(26(2)17-20)24(30)27-12-6-3-7-13-27/h4-5,8-9,16-17,19H,3,6-7,10-15H2,1-2H3,(H,25,29). The quantitative estimate of drug-likeness (QED) is 0.724. The van der Waals surface area contributed by atoms with Crippen LogP contribution in [0.1, 0.15) is 48.2 Å². The van der Waals surface area contributed by atoms with Crippen LogP contribution in [0, 0.1) is 12.8 Å². The minimum absolute atomic E-state index is 0.0736. The highest BCUT2D eigenvalue weighted by Crippen LogP contribution is 2.27. The molecule has 0 radical (unpaired) electrons. The number of benzene rings is 1. The van der Waals surface area contributed by atoms with Crippen LogP contribution in [0.25, 0.3) is 0 Å². The summed E-state index contributed by atoms with van der Waals surface area (Å²) >= 11 is 0. The summed E-state index contributed by atoms with van der Waals surface area (Å²) in [7, 11) is -2.03. The molecule has 8 nitrogen and oxygen atoms in total. The van der Waals surface area contributed by atoms with Gasteiger partial charge in [-0.15, -0.1) is 0 Å². The molecule has 2 aliphatic rings. The zero-order valence-electron chi connectivity index (χ0n) is 19.3. The fourth-order valence-electron chi connectivity index (χ4n) is 4.60. The van der Waals surface area contributed by atoms with Crippen LogP contribution in [0.4, 0.5) is 5.69 Å². The third kappa shape index (κ3) is 4.99. The molecule has 2 aromatic rings. The minimum Gasteiger partial charge on any atom is -0.345 e. The molecule has 0 saturated carbocycles. The lowest BCUT2D eigenvalue weighted by atomic mass is 9.97. The second-order valence-electron chi connectivity index (χ2n) is 9.01. The maximum atomic E-state index is 13.3. The number of para-hydroxylation sites is 1. The molecule has 9 heteroatoms. The lowest BCUT2D eigenvalue weighted by Crippen LogP contribution is -2.41. The fourth-order valence-corrected chi connectivity index (χ4v) is 6.14. The molecule has 0 aliphatic carbocycles. The molecule has 0 bridgehead atoms. The van der Waals surface area contributed by atoms with Gasteiger partial charge in [0, 0.05) is 51.0 Å². The average Bonchev–Trinajstić information content (AvgIpc) is 3.23. The van der Waals surface area contributed by atoms with E-state index in [-0.39, 0.29) is 35.7 Å². The largest absolute Gasteiger partial charge is 0.345 e. The lowest BCUT2D eigenvalue weighted by Gasteiger charge is -2.30. The molecule has 178 valence electrons. The van der Waals surface area contributed by atoms with Gasteiger partial charge in [0.1, 0.15) is 10.6 Å². The number of nitrogens with one attached hydrogen (secondary N) is 1. The summed E-state index contributed by atoms with van der Waals surface area (Å²) in [6.07, 6.45) is 5.52. The van der Waals surface area contributed by atoms with Gasteiger partial charge in [-0.05, 0) is 56.7 Å². The molecule has 1 N–H and O–H groups in total. The van der Waals surface area contributed by atoms with Crippen LogP contribution in [-0.4, -0.2) is 60.2 Å². The first kappa shape index (κ1) is 23.5. The molecule has 2 aliphatic heterocycles. The Hall–Kier alpha value is -2.65. The van der Waals surface area contributed by atoms with Gasteiger partial charge < -0.3 is 14.8 Å². The molecule has 2 fully saturated rings. The number of rotatable bonds is 5. The normalized spacial score (nSPS) is 18.3. The Kier molecular flexibility index (Phi) is 6.90. The van der Waals surface area contributed by atoms with Crippen molar-refractivity contribution in [3.63, 3.8) is 0 Å². The van der Waals surface area contributed by atoms with E-state index in [0.717, 1.165) is 30.5 Å². The van der Waals surface area contributed by atoms with E-state index in [9.17, 15) is 18.0 Å². The van der Waals surface area contributed by atoms with E-state index < -0.39 is 10.0 Å². The topological polar surface area (TPSA) is 91.7 Å². The van der Waals surface area contributed by atoms with Crippen molar-refractivity contribution in [2.45, 2.75) is 43.9 Å². The number of sulfonamides is 1. The molecule has 1 aromatic heterocycles. The zero-order valence-corrected chi connectivity index (χ0v) is 20.1. The van der Waals surface area contributed by atoms with Crippen molar-refractivity contribution >= 4 is 27.5 Å². The van der Waals surface area contributed by atoms with Crippen molar-refractivity contribution in [3.8, 4) is 0 Å². The van der Waals surface area contributed by atoms with Gasteiger partial charge in [-0.3, -0.25) is 9.59 Å². The molecule has 3 heterocycles. The van der Waals surface area contributed by atoms with E-state index in [2.05, 4.69) is 5.32 Å². The number of aromatic nitrogens is 1. The molecule has 2 saturated heterocycles. The van der Waals surface area contributed by atoms with Gasteiger partial charge in [0.05, 0.1) is 0 Å². The number of hydrogen-bond acceptors (Lipinski definition) is 4. The van der Waals surface area contributed by atoms with Crippen molar-refractivity contribution in [3.05, 3.63) is 47.8 Å².